The average Bonchev–Trinajstić information content (AvgIpc) is 2.68. The number of methoxy groups -OCH3 is 2. The van der Waals surface area contributed by atoms with Crippen LogP contribution in [0.3, 0.4) is 0 Å². The third-order valence-corrected chi connectivity index (χ3v) is 4.25. The molecular formula is C22H28N2O4. The standard InChI is InChI=1S/C22H28N2O4/c1-17-7-9-18(10-8-17)15-24(22(26)16-28-3)20-6-4-5-19(13-20)14-21(25)23-11-12-27-2/h4-10,13H,11-12,14-16H2,1-3H3,(H,23,25). The van der Waals surface area contributed by atoms with Gasteiger partial charge < -0.3 is 19.7 Å². The van der Waals surface area contributed by atoms with Crippen molar-refractivity contribution in [2.24, 2.45) is 0 Å². The van der Waals surface area contributed by atoms with Gasteiger partial charge in [0.15, 0.2) is 0 Å². The SMILES string of the molecule is COCCNC(=O)Cc1cccc(N(Cc2ccc(C)cc2)C(=O)COC)c1. The summed E-state index contributed by atoms with van der Waals surface area (Å²) in [4.78, 5) is 26.4. The summed E-state index contributed by atoms with van der Waals surface area (Å²) >= 11 is 0. The van der Waals surface area contributed by atoms with Gasteiger partial charge in [0.05, 0.1) is 19.6 Å². The molecule has 0 spiro atoms. The Morgan fingerprint density at radius 2 is 1.75 bits per heavy atom. The molecule has 0 fully saturated rings. The van der Waals surface area contributed by atoms with Gasteiger partial charge in [0.1, 0.15) is 6.61 Å². The zero-order valence-electron chi connectivity index (χ0n) is 16.7. The van der Waals surface area contributed by atoms with Crippen molar-refractivity contribution in [1.29, 1.82) is 0 Å². The Bertz CT molecular complexity index is 774. The zero-order chi connectivity index (χ0) is 20.4. The second-order valence-corrected chi connectivity index (χ2v) is 6.59. The minimum atomic E-state index is -0.134. The predicted molar refractivity (Wildman–Crippen MR) is 109 cm³/mol. The Morgan fingerprint density at radius 3 is 2.43 bits per heavy atom. The minimum Gasteiger partial charge on any atom is -0.383 e. The van der Waals surface area contributed by atoms with Crippen LogP contribution in [0.25, 0.3) is 0 Å². The summed E-state index contributed by atoms with van der Waals surface area (Å²) in [7, 11) is 3.10. The molecule has 2 aromatic rings. The van der Waals surface area contributed by atoms with E-state index in [1.807, 2.05) is 55.5 Å². The quantitative estimate of drug-likeness (QED) is 0.639. The number of aryl methyl sites for hydroxylation is 1. The van der Waals surface area contributed by atoms with E-state index >= 15 is 0 Å². The molecule has 0 aliphatic rings. The summed E-state index contributed by atoms with van der Waals surface area (Å²) in [6.07, 6.45) is 0.244. The highest BCUT2D eigenvalue weighted by Gasteiger charge is 2.17. The van der Waals surface area contributed by atoms with Crippen molar-refractivity contribution in [3.05, 3.63) is 65.2 Å². The van der Waals surface area contributed by atoms with Crippen LogP contribution in [0.1, 0.15) is 16.7 Å². The Labute approximate surface area is 166 Å². The number of rotatable bonds is 10. The molecule has 2 aromatic carbocycles. The second-order valence-electron chi connectivity index (χ2n) is 6.59. The minimum absolute atomic E-state index is 0.00636. The summed E-state index contributed by atoms with van der Waals surface area (Å²) in [6, 6.07) is 15.5. The van der Waals surface area contributed by atoms with Crippen molar-refractivity contribution < 1.29 is 19.1 Å². The second kappa shape index (κ2) is 11.2. The fourth-order valence-corrected chi connectivity index (χ4v) is 2.78. The Kier molecular flexibility index (Phi) is 8.65. The monoisotopic (exact) mass is 384 g/mol. The molecule has 2 amide bonds. The van der Waals surface area contributed by atoms with Crippen molar-refractivity contribution in [1.82, 2.24) is 5.32 Å². The number of benzene rings is 2. The normalized spacial score (nSPS) is 10.5. The largest absolute Gasteiger partial charge is 0.383 e. The number of anilines is 1. The molecule has 0 atom stereocenters. The van der Waals surface area contributed by atoms with Crippen molar-refractivity contribution in [2.45, 2.75) is 19.9 Å². The molecule has 1 N–H and O–H groups in total. The van der Waals surface area contributed by atoms with Gasteiger partial charge in [-0.05, 0) is 30.2 Å². The highest BCUT2D eigenvalue weighted by molar-refractivity contribution is 5.94. The van der Waals surface area contributed by atoms with Crippen molar-refractivity contribution in [3.63, 3.8) is 0 Å². The number of nitrogens with one attached hydrogen (secondary N) is 1. The van der Waals surface area contributed by atoms with Crippen LogP contribution in [0.2, 0.25) is 0 Å². The van der Waals surface area contributed by atoms with Crippen LogP contribution in [0.4, 0.5) is 5.69 Å². The highest BCUT2D eigenvalue weighted by atomic mass is 16.5. The maximum atomic E-state index is 12.6. The van der Waals surface area contributed by atoms with Gasteiger partial charge in [-0.2, -0.15) is 0 Å². The number of nitrogens with zero attached hydrogens (tertiary/aromatic N) is 1. The van der Waals surface area contributed by atoms with Gasteiger partial charge in [0.25, 0.3) is 5.91 Å². The third kappa shape index (κ3) is 6.79. The molecule has 28 heavy (non-hydrogen) atoms. The maximum Gasteiger partial charge on any atom is 0.253 e. The molecule has 0 unspecified atom stereocenters. The molecule has 6 heteroatoms. The topological polar surface area (TPSA) is 67.9 Å². The summed E-state index contributed by atoms with van der Waals surface area (Å²) < 4.78 is 9.98. The molecular weight excluding hydrogens is 356 g/mol. The first-order chi connectivity index (χ1) is 13.5. The lowest BCUT2D eigenvalue weighted by molar-refractivity contribution is -0.122. The van der Waals surface area contributed by atoms with Gasteiger partial charge in [-0.3, -0.25) is 9.59 Å². The van der Waals surface area contributed by atoms with E-state index in [0.717, 1.165) is 16.8 Å². The molecule has 2 rings (SSSR count). The van der Waals surface area contributed by atoms with Gasteiger partial charge in [0, 0.05) is 26.5 Å². The lowest BCUT2D eigenvalue weighted by Crippen LogP contribution is -2.33. The van der Waals surface area contributed by atoms with Gasteiger partial charge in [-0.25, -0.2) is 0 Å². The number of carbonyl (C=O) groups excluding carboxylic acids is 2. The van der Waals surface area contributed by atoms with Crippen LogP contribution in [-0.4, -0.2) is 45.8 Å². The first-order valence-corrected chi connectivity index (χ1v) is 9.23. The number of hydrogen-bond donors (Lipinski definition) is 1. The van der Waals surface area contributed by atoms with E-state index in [2.05, 4.69) is 5.32 Å². The van der Waals surface area contributed by atoms with Gasteiger partial charge in [0.2, 0.25) is 5.91 Å². The van der Waals surface area contributed by atoms with Gasteiger partial charge in [-0.15, -0.1) is 0 Å². The molecule has 0 saturated heterocycles. The zero-order valence-corrected chi connectivity index (χ0v) is 16.7. The van der Waals surface area contributed by atoms with Crippen molar-refractivity contribution in [3.8, 4) is 0 Å². The molecule has 150 valence electrons. The number of carbonyl (C=O) groups is 2. The third-order valence-electron chi connectivity index (χ3n) is 4.25. The fraction of sp³-hybridized carbons (Fsp3) is 0.364. The average molecular weight is 384 g/mol. The van der Waals surface area contributed by atoms with E-state index in [-0.39, 0.29) is 24.8 Å². The molecule has 0 heterocycles. The number of hydrogen-bond acceptors (Lipinski definition) is 4. The van der Waals surface area contributed by atoms with Crippen LogP contribution in [0, 0.1) is 6.92 Å². The fourth-order valence-electron chi connectivity index (χ4n) is 2.78. The number of amides is 2. The molecule has 0 aliphatic heterocycles. The van der Waals surface area contributed by atoms with E-state index in [1.54, 1.807) is 12.0 Å². The maximum absolute atomic E-state index is 12.6. The van der Waals surface area contributed by atoms with Crippen LogP contribution < -0.4 is 10.2 Å². The summed E-state index contributed by atoms with van der Waals surface area (Å²) in [5.74, 6) is -0.215. The van der Waals surface area contributed by atoms with E-state index in [4.69, 9.17) is 9.47 Å². The van der Waals surface area contributed by atoms with Crippen LogP contribution in [-0.2, 0) is 32.0 Å². The lowest BCUT2D eigenvalue weighted by atomic mass is 10.1. The van der Waals surface area contributed by atoms with Crippen molar-refractivity contribution >= 4 is 17.5 Å². The van der Waals surface area contributed by atoms with Gasteiger partial charge >= 0.3 is 0 Å². The summed E-state index contributed by atoms with van der Waals surface area (Å²) in [5, 5.41) is 2.80. The van der Waals surface area contributed by atoms with E-state index in [1.165, 1.54) is 12.7 Å². The van der Waals surface area contributed by atoms with Crippen LogP contribution in [0.5, 0.6) is 0 Å². The highest BCUT2D eigenvalue weighted by Crippen LogP contribution is 2.20. The Balaban J connectivity index is 2.16. The molecule has 0 aromatic heterocycles. The molecule has 0 radical (unpaired) electrons. The van der Waals surface area contributed by atoms with E-state index in [0.29, 0.717) is 19.7 Å². The first kappa shape index (κ1) is 21.6. The first-order valence-electron chi connectivity index (χ1n) is 9.23. The lowest BCUT2D eigenvalue weighted by Gasteiger charge is -2.23. The van der Waals surface area contributed by atoms with Gasteiger partial charge in [-0.1, -0.05) is 42.0 Å². The molecule has 6 nitrogen and oxygen atoms in total. The summed E-state index contributed by atoms with van der Waals surface area (Å²) in [5.41, 5.74) is 3.77. The molecule has 0 bridgehead atoms. The molecule has 0 saturated carbocycles. The van der Waals surface area contributed by atoms with E-state index in [9.17, 15) is 9.59 Å². The Morgan fingerprint density at radius 1 is 1.00 bits per heavy atom. The Hall–Kier alpha value is -2.70. The summed E-state index contributed by atoms with van der Waals surface area (Å²) in [6.45, 7) is 3.40. The smallest absolute Gasteiger partial charge is 0.253 e. The number of ether oxygens (including phenoxy) is 2. The van der Waals surface area contributed by atoms with Crippen molar-refractivity contribution in [2.75, 3.05) is 38.9 Å². The van der Waals surface area contributed by atoms with Crippen LogP contribution >= 0.6 is 0 Å². The van der Waals surface area contributed by atoms with Crippen LogP contribution in [0.15, 0.2) is 48.5 Å². The predicted octanol–water partition coefficient (Wildman–Crippen LogP) is 2.48. The molecule has 0 aliphatic carbocycles. The van der Waals surface area contributed by atoms with E-state index < -0.39 is 0 Å².